The van der Waals surface area contributed by atoms with E-state index in [0.717, 1.165) is 11.1 Å². The van der Waals surface area contributed by atoms with Crippen LogP contribution in [0.5, 0.6) is 0 Å². The van der Waals surface area contributed by atoms with Crippen LogP contribution < -0.4 is 5.32 Å². The van der Waals surface area contributed by atoms with Gasteiger partial charge in [-0.05, 0) is 19.9 Å². The van der Waals surface area contributed by atoms with E-state index in [1.54, 1.807) is 6.07 Å². The minimum absolute atomic E-state index is 0.306. The van der Waals surface area contributed by atoms with E-state index in [4.69, 9.17) is 5.11 Å². The van der Waals surface area contributed by atoms with Crippen molar-refractivity contribution >= 4 is 22.9 Å². The predicted octanol–water partition coefficient (Wildman–Crippen LogP) is 0.469. The second kappa shape index (κ2) is 4.44. The van der Waals surface area contributed by atoms with Gasteiger partial charge in [0.25, 0.3) is 5.91 Å². The van der Waals surface area contributed by atoms with Crippen LogP contribution in [0.3, 0.4) is 0 Å². The molecule has 0 saturated heterocycles. The molecule has 2 aromatic rings. The first kappa shape index (κ1) is 12.0. The Balaban J connectivity index is 2.27. The lowest BCUT2D eigenvalue weighted by molar-refractivity contribution is -0.138. The van der Waals surface area contributed by atoms with Crippen molar-refractivity contribution in [3.05, 3.63) is 23.5 Å². The smallest absolute Gasteiger partial charge is 0.325 e. The van der Waals surface area contributed by atoms with Gasteiger partial charge in [0.15, 0.2) is 5.65 Å². The van der Waals surface area contributed by atoms with Crippen molar-refractivity contribution < 1.29 is 14.7 Å². The van der Waals surface area contributed by atoms with Crippen molar-refractivity contribution in [3.63, 3.8) is 0 Å². The van der Waals surface area contributed by atoms with E-state index < -0.39 is 17.9 Å². The van der Waals surface area contributed by atoms with Crippen molar-refractivity contribution in [2.75, 3.05) is 0 Å². The van der Waals surface area contributed by atoms with Crippen molar-refractivity contribution in [2.24, 2.45) is 0 Å². The molecule has 0 saturated carbocycles. The van der Waals surface area contributed by atoms with Gasteiger partial charge in [-0.25, -0.2) is 4.98 Å². The highest BCUT2D eigenvalue weighted by Crippen LogP contribution is 2.14. The highest BCUT2D eigenvalue weighted by Gasteiger charge is 2.16. The normalized spacial score (nSPS) is 12.3. The Labute approximate surface area is 102 Å². The van der Waals surface area contributed by atoms with E-state index in [2.05, 4.69) is 20.5 Å². The third-order valence-electron chi connectivity index (χ3n) is 2.58. The number of H-pyrrole nitrogens is 1. The summed E-state index contributed by atoms with van der Waals surface area (Å²) in [7, 11) is 0. The summed E-state index contributed by atoms with van der Waals surface area (Å²) in [6.07, 6.45) is 1.37. The SMILES string of the molecule is Cc1[nH]nc2ncc(C(=O)NC(C)C(=O)O)cc12. The lowest BCUT2D eigenvalue weighted by Crippen LogP contribution is -2.38. The molecule has 1 atom stereocenters. The van der Waals surface area contributed by atoms with E-state index in [1.165, 1.54) is 13.1 Å². The lowest BCUT2D eigenvalue weighted by Gasteiger charge is -2.08. The molecule has 18 heavy (non-hydrogen) atoms. The molecule has 0 aliphatic rings. The minimum atomic E-state index is -1.09. The number of amides is 1. The Morgan fingerprint density at radius 1 is 1.50 bits per heavy atom. The molecule has 2 aromatic heterocycles. The van der Waals surface area contributed by atoms with Crippen LogP contribution in [0, 0.1) is 6.92 Å². The molecule has 0 bridgehead atoms. The van der Waals surface area contributed by atoms with Crippen LogP contribution in [0.1, 0.15) is 23.0 Å². The topological polar surface area (TPSA) is 108 Å². The van der Waals surface area contributed by atoms with Gasteiger partial charge in [-0.1, -0.05) is 0 Å². The molecule has 3 N–H and O–H groups in total. The van der Waals surface area contributed by atoms with Gasteiger partial charge in [0, 0.05) is 17.3 Å². The summed E-state index contributed by atoms with van der Waals surface area (Å²) in [5, 5.41) is 18.5. The molecular formula is C11H12N4O3. The molecule has 7 heteroatoms. The van der Waals surface area contributed by atoms with E-state index in [0.29, 0.717) is 11.2 Å². The van der Waals surface area contributed by atoms with Crippen molar-refractivity contribution in [2.45, 2.75) is 19.9 Å². The molecular weight excluding hydrogens is 236 g/mol. The maximum Gasteiger partial charge on any atom is 0.325 e. The van der Waals surface area contributed by atoms with Gasteiger partial charge in [-0.3, -0.25) is 14.7 Å². The molecule has 0 radical (unpaired) electrons. The van der Waals surface area contributed by atoms with Crippen molar-refractivity contribution in [1.29, 1.82) is 0 Å². The monoisotopic (exact) mass is 248 g/mol. The van der Waals surface area contributed by atoms with Crippen LogP contribution >= 0.6 is 0 Å². The number of aryl methyl sites for hydroxylation is 1. The maximum absolute atomic E-state index is 11.8. The molecule has 94 valence electrons. The average molecular weight is 248 g/mol. The first-order valence-electron chi connectivity index (χ1n) is 5.33. The number of carboxylic acid groups (broad SMARTS) is 1. The number of rotatable bonds is 3. The van der Waals surface area contributed by atoms with Crippen LogP contribution in [0.15, 0.2) is 12.3 Å². The molecule has 0 aliphatic heterocycles. The van der Waals surface area contributed by atoms with Crippen molar-refractivity contribution in [3.8, 4) is 0 Å². The zero-order chi connectivity index (χ0) is 13.3. The summed E-state index contributed by atoms with van der Waals surface area (Å²) < 4.78 is 0. The molecule has 1 amide bonds. The molecule has 2 rings (SSSR count). The third-order valence-corrected chi connectivity index (χ3v) is 2.58. The molecule has 1 unspecified atom stereocenters. The van der Waals surface area contributed by atoms with Gasteiger partial charge >= 0.3 is 5.97 Å². The molecule has 0 aliphatic carbocycles. The quantitative estimate of drug-likeness (QED) is 0.731. The maximum atomic E-state index is 11.8. The molecule has 0 spiro atoms. The Morgan fingerprint density at radius 3 is 2.89 bits per heavy atom. The predicted molar refractivity (Wildman–Crippen MR) is 63.2 cm³/mol. The summed E-state index contributed by atoms with van der Waals surface area (Å²) in [6, 6.07) is 0.684. The van der Waals surface area contributed by atoms with Crippen LogP contribution in [-0.2, 0) is 4.79 Å². The minimum Gasteiger partial charge on any atom is -0.480 e. The first-order valence-corrected chi connectivity index (χ1v) is 5.33. The van der Waals surface area contributed by atoms with Crippen molar-refractivity contribution in [1.82, 2.24) is 20.5 Å². The van der Waals surface area contributed by atoms with Crippen LogP contribution in [-0.4, -0.2) is 38.2 Å². The second-order valence-electron chi connectivity index (χ2n) is 3.98. The highest BCUT2D eigenvalue weighted by molar-refractivity contribution is 5.98. The largest absolute Gasteiger partial charge is 0.480 e. The number of hydrogen-bond donors (Lipinski definition) is 3. The lowest BCUT2D eigenvalue weighted by atomic mass is 10.2. The standard InChI is InChI=1S/C11H12N4O3/c1-5-8-3-7(4-12-9(8)15-14-5)10(16)13-6(2)11(17)18/h3-4,6H,1-2H3,(H,13,16)(H,17,18)(H,12,14,15). The first-order chi connectivity index (χ1) is 8.49. The molecule has 0 aromatic carbocycles. The number of aromatic amines is 1. The Kier molecular flexibility index (Phi) is 2.97. The van der Waals surface area contributed by atoms with E-state index >= 15 is 0 Å². The van der Waals surface area contributed by atoms with Gasteiger partial charge in [-0.15, -0.1) is 0 Å². The number of hydrogen-bond acceptors (Lipinski definition) is 4. The van der Waals surface area contributed by atoms with Gasteiger partial charge in [0.2, 0.25) is 0 Å². The number of aromatic nitrogens is 3. The number of carbonyl (C=O) groups excluding carboxylic acids is 1. The average Bonchev–Trinajstić information content (AvgIpc) is 2.70. The van der Waals surface area contributed by atoms with Crippen LogP contribution in [0.4, 0.5) is 0 Å². The number of pyridine rings is 1. The number of carbonyl (C=O) groups is 2. The number of nitrogens with zero attached hydrogens (tertiary/aromatic N) is 2. The van der Waals surface area contributed by atoms with E-state index in [1.807, 2.05) is 6.92 Å². The fraction of sp³-hybridized carbons (Fsp3) is 0.273. The summed E-state index contributed by atoms with van der Waals surface area (Å²) in [5.74, 6) is -1.56. The highest BCUT2D eigenvalue weighted by atomic mass is 16.4. The third kappa shape index (κ3) is 2.15. The summed E-state index contributed by atoms with van der Waals surface area (Å²) in [4.78, 5) is 26.5. The van der Waals surface area contributed by atoms with Gasteiger partial charge < -0.3 is 10.4 Å². The van der Waals surface area contributed by atoms with Gasteiger partial charge in [-0.2, -0.15) is 5.10 Å². The Bertz CT molecular complexity index is 620. The van der Waals surface area contributed by atoms with Crippen LogP contribution in [0.2, 0.25) is 0 Å². The number of aliphatic carboxylic acids is 1. The summed E-state index contributed by atoms with van der Waals surface area (Å²) >= 11 is 0. The molecule has 0 fully saturated rings. The van der Waals surface area contributed by atoms with Crippen LogP contribution in [0.25, 0.3) is 11.0 Å². The number of carboxylic acids is 1. The summed E-state index contributed by atoms with van der Waals surface area (Å²) in [6.45, 7) is 3.22. The molecule has 2 heterocycles. The number of fused-ring (bicyclic) bond motifs is 1. The zero-order valence-corrected chi connectivity index (χ0v) is 9.89. The Morgan fingerprint density at radius 2 is 2.22 bits per heavy atom. The zero-order valence-electron chi connectivity index (χ0n) is 9.89. The van der Waals surface area contributed by atoms with E-state index in [9.17, 15) is 9.59 Å². The van der Waals surface area contributed by atoms with E-state index in [-0.39, 0.29) is 0 Å². The molecule has 7 nitrogen and oxygen atoms in total. The van der Waals surface area contributed by atoms with Gasteiger partial charge in [0.1, 0.15) is 6.04 Å². The summed E-state index contributed by atoms with van der Waals surface area (Å²) in [5.41, 5.74) is 1.63. The fourth-order valence-electron chi connectivity index (χ4n) is 1.49. The van der Waals surface area contributed by atoms with Gasteiger partial charge in [0.05, 0.1) is 5.56 Å². The number of nitrogens with one attached hydrogen (secondary N) is 2. The second-order valence-corrected chi connectivity index (χ2v) is 3.98. The fourth-order valence-corrected chi connectivity index (χ4v) is 1.49. The Hall–Kier alpha value is -2.44.